The van der Waals surface area contributed by atoms with Crippen LogP contribution in [0.2, 0.25) is 10.0 Å². The first-order valence-electron chi connectivity index (χ1n) is 11.0. The third-order valence-electron chi connectivity index (χ3n) is 6.11. The van der Waals surface area contributed by atoms with Gasteiger partial charge in [-0.2, -0.15) is 0 Å². The van der Waals surface area contributed by atoms with Gasteiger partial charge >= 0.3 is 0 Å². The van der Waals surface area contributed by atoms with E-state index in [4.69, 9.17) is 28.2 Å². The Morgan fingerprint density at radius 1 is 0.912 bits per heavy atom. The smallest absolute Gasteiger partial charge is 0.255 e. The van der Waals surface area contributed by atoms with Crippen molar-refractivity contribution in [2.24, 2.45) is 7.05 Å². The zero-order valence-corrected chi connectivity index (χ0v) is 20.1. The van der Waals surface area contributed by atoms with E-state index in [-0.39, 0.29) is 11.6 Å². The molecule has 6 nitrogen and oxygen atoms in total. The van der Waals surface area contributed by atoms with Crippen molar-refractivity contribution < 1.29 is 0 Å². The molecule has 0 unspecified atom stereocenters. The lowest BCUT2D eigenvalue weighted by Gasteiger charge is -2.35. The summed E-state index contributed by atoms with van der Waals surface area (Å²) in [5, 5.41) is 4.68. The number of hydrogen-bond donors (Lipinski definition) is 1. The van der Waals surface area contributed by atoms with Crippen molar-refractivity contribution in [1.29, 1.82) is 0 Å². The highest BCUT2D eigenvalue weighted by molar-refractivity contribution is 6.42. The molecule has 2 aromatic heterocycles. The lowest BCUT2D eigenvalue weighted by molar-refractivity contribution is 0.462. The van der Waals surface area contributed by atoms with Gasteiger partial charge in [-0.05, 0) is 41.0 Å². The average Bonchev–Trinajstić information content (AvgIpc) is 2.88. The van der Waals surface area contributed by atoms with Gasteiger partial charge in [-0.15, -0.1) is 0 Å². The van der Waals surface area contributed by atoms with Gasteiger partial charge in [-0.1, -0.05) is 53.5 Å². The van der Waals surface area contributed by atoms with Crippen molar-refractivity contribution in [3.63, 3.8) is 0 Å². The van der Waals surface area contributed by atoms with Crippen LogP contribution < -0.4 is 15.8 Å². The molecule has 5 rings (SSSR count). The molecule has 1 fully saturated rings. The minimum absolute atomic E-state index is 0.0853. The van der Waals surface area contributed by atoms with E-state index in [1.54, 1.807) is 30.1 Å². The average molecular weight is 492 g/mol. The minimum Gasteiger partial charge on any atom is -0.339 e. The predicted octanol–water partition coefficient (Wildman–Crippen LogP) is 4.97. The summed E-state index contributed by atoms with van der Waals surface area (Å²) in [5.41, 5.74) is 4.71. The van der Waals surface area contributed by atoms with E-state index in [1.165, 1.54) is 5.56 Å². The standard InChI is InChI=1S/C26H23Cl2N5O/c1-32-25(34)15-23(19-8-10-29-11-9-19)31-26(32)33-13-12-30-24(16-33)18-4-2-17(3-5-18)20-6-7-21(27)22(28)14-20/h2-11,14-15,24,30H,12-13,16H2,1H3/t24-/m1/s1. The number of nitrogens with one attached hydrogen (secondary N) is 1. The van der Waals surface area contributed by atoms with Gasteiger partial charge in [0.15, 0.2) is 0 Å². The van der Waals surface area contributed by atoms with Crippen LogP contribution in [0.1, 0.15) is 11.6 Å². The SMILES string of the molecule is Cn1c(N2CCN[C@@H](c3ccc(-c4ccc(Cl)c(Cl)c4)cc3)C2)nc(-c2ccncc2)cc1=O. The molecule has 1 aliphatic rings. The number of nitrogens with zero attached hydrogens (tertiary/aromatic N) is 4. The molecule has 172 valence electrons. The minimum atomic E-state index is -0.0853. The van der Waals surface area contributed by atoms with Crippen LogP contribution in [0.25, 0.3) is 22.4 Å². The van der Waals surface area contributed by atoms with Gasteiger partial charge in [-0.3, -0.25) is 14.3 Å². The topological polar surface area (TPSA) is 63.1 Å². The fourth-order valence-corrected chi connectivity index (χ4v) is 4.52. The van der Waals surface area contributed by atoms with Crippen LogP contribution in [-0.4, -0.2) is 34.2 Å². The van der Waals surface area contributed by atoms with Crippen molar-refractivity contribution in [1.82, 2.24) is 19.9 Å². The Kier molecular flexibility index (Phi) is 6.37. The Balaban J connectivity index is 1.40. The molecule has 4 aromatic rings. The first kappa shape index (κ1) is 22.6. The molecule has 0 amide bonds. The molecule has 0 saturated carbocycles. The van der Waals surface area contributed by atoms with E-state index >= 15 is 0 Å². The summed E-state index contributed by atoms with van der Waals surface area (Å²) in [4.78, 5) is 23.8. The first-order chi connectivity index (χ1) is 16.5. The van der Waals surface area contributed by atoms with Crippen LogP contribution >= 0.6 is 23.2 Å². The molecule has 1 atom stereocenters. The van der Waals surface area contributed by atoms with Crippen molar-refractivity contribution in [2.45, 2.75) is 6.04 Å². The Morgan fingerprint density at radius 2 is 1.65 bits per heavy atom. The van der Waals surface area contributed by atoms with Gasteiger partial charge in [0, 0.05) is 56.7 Å². The highest BCUT2D eigenvalue weighted by Crippen LogP contribution is 2.30. The molecule has 8 heteroatoms. The van der Waals surface area contributed by atoms with E-state index < -0.39 is 0 Å². The van der Waals surface area contributed by atoms with Crippen molar-refractivity contribution in [3.05, 3.63) is 99.0 Å². The van der Waals surface area contributed by atoms with Crippen molar-refractivity contribution in [3.8, 4) is 22.4 Å². The van der Waals surface area contributed by atoms with Crippen LogP contribution in [0.4, 0.5) is 5.95 Å². The summed E-state index contributed by atoms with van der Waals surface area (Å²) in [6, 6.07) is 19.5. The summed E-state index contributed by atoms with van der Waals surface area (Å²) < 4.78 is 1.61. The normalized spacial score (nSPS) is 16.0. The van der Waals surface area contributed by atoms with Crippen LogP contribution in [0, 0.1) is 0 Å². The number of piperazine rings is 1. The quantitative estimate of drug-likeness (QED) is 0.436. The van der Waals surface area contributed by atoms with E-state index in [2.05, 4.69) is 39.5 Å². The number of anilines is 1. The van der Waals surface area contributed by atoms with Crippen LogP contribution in [0.3, 0.4) is 0 Å². The highest BCUT2D eigenvalue weighted by atomic mass is 35.5. The third-order valence-corrected chi connectivity index (χ3v) is 6.85. The fourth-order valence-electron chi connectivity index (χ4n) is 4.22. The number of hydrogen-bond acceptors (Lipinski definition) is 5. The number of rotatable bonds is 4. The lowest BCUT2D eigenvalue weighted by atomic mass is 9.99. The number of aromatic nitrogens is 3. The molecule has 0 radical (unpaired) electrons. The van der Waals surface area contributed by atoms with E-state index in [0.717, 1.165) is 29.8 Å². The van der Waals surface area contributed by atoms with E-state index in [1.807, 2.05) is 30.3 Å². The molecule has 3 heterocycles. The zero-order chi connectivity index (χ0) is 23.7. The summed E-state index contributed by atoms with van der Waals surface area (Å²) in [7, 11) is 1.77. The largest absolute Gasteiger partial charge is 0.339 e. The second-order valence-electron chi connectivity index (χ2n) is 8.28. The van der Waals surface area contributed by atoms with Crippen molar-refractivity contribution >= 4 is 29.2 Å². The van der Waals surface area contributed by atoms with E-state index in [0.29, 0.717) is 28.2 Å². The summed E-state index contributed by atoms with van der Waals surface area (Å²) in [6.07, 6.45) is 3.41. The van der Waals surface area contributed by atoms with Crippen LogP contribution in [-0.2, 0) is 7.05 Å². The number of halogens is 2. The Bertz CT molecular complexity index is 1370. The van der Waals surface area contributed by atoms with Gasteiger partial charge < -0.3 is 10.2 Å². The summed E-state index contributed by atoms with van der Waals surface area (Å²) in [6.45, 7) is 2.25. The molecule has 1 saturated heterocycles. The highest BCUT2D eigenvalue weighted by Gasteiger charge is 2.24. The maximum Gasteiger partial charge on any atom is 0.255 e. The Morgan fingerprint density at radius 3 is 2.38 bits per heavy atom. The lowest BCUT2D eigenvalue weighted by Crippen LogP contribution is -2.47. The maximum absolute atomic E-state index is 12.7. The van der Waals surface area contributed by atoms with Gasteiger partial charge in [0.25, 0.3) is 5.56 Å². The number of pyridine rings is 1. The number of benzene rings is 2. The molecule has 1 N–H and O–H groups in total. The van der Waals surface area contributed by atoms with Gasteiger partial charge in [0.1, 0.15) is 0 Å². The van der Waals surface area contributed by atoms with Crippen molar-refractivity contribution in [2.75, 3.05) is 24.5 Å². The maximum atomic E-state index is 12.7. The zero-order valence-electron chi connectivity index (χ0n) is 18.6. The third kappa shape index (κ3) is 4.57. The molecule has 0 aliphatic carbocycles. The van der Waals surface area contributed by atoms with E-state index in [9.17, 15) is 4.79 Å². The predicted molar refractivity (Wildman–Crippen MR) is 138 cm³/mol. The second kappa shape index (κ2) is 9.58. The molecule has 0 bridgehead atoms. The van der Waals surface area contributed by atoms with Gasteiger partial charge in [-0.25, -0.2) is 4.98 Å². The summed E-state index contributed by atoms with van der Waals surface area (Å²) >= 11 is 12.2. The Labute approximate surface area is 207 Å². The summed E-state index contributed by atoms with van der Waals surface area (Å²) in [5.74, 6) is 0.665. The molecule has 2 aromatic carbocycles. The molecular formula is C26H23Cl2N5O. The second-order valence-corrected chi connectivity index (χ2v) is 9.09. The van der Waals surface area contributed by atoms with Crippen LogP contribution in [0.5, 0.6) is 0 Å². The van der Waals surface area contributed by atoms with Gasteiger partial charge in [0.2, 0.25) is 5.95 Å². The van der Waals surface area contributed by atoms with Crippen LogP contribution in [0.15, 0.2) is 77.9 Å². The molecule has 34 heavy (non-hydrogen) atoms. The molecule has 1 aliphatic heterocycles. The molecule has 0 spiro atoms. The fraction of sp³-hybridized carbons (Fsp3) is 0.192. The first-order valence-corrected chi connectivity index (χ1v) is 11.8. The van der Waals surface area contributed by atoms with Gasteiger partial charge in [0.05, 0.1) is 15.7 Å². The Hall–Kier alpha value is -3.19. The molecular weight excluding hydrogens is 469 g/mol. The monoisotopic (exact) mass is 491 g/mol.